The van der Waals surface area contributed by atoms with Crippen molar-refractivity contribution in [2.45, 2.75) is 0 Å². The molecule has 1 heterocycles. The molecule has 0 saturated heterocycles. The van der Waals surface area contributed by atoms with Crippen LogP contribution in [0.15, 0.2) is 72.1 Å². The molecule has 0 atom stereocenters. The number of halogens is 1. The van der Waals surface area contributed by atoms with Crippen molar-refractivity contribution < 1.29 is 9.59 Å². The van der Waals surface area contributed by atoms with E-state index in [1.54, 1.807) is 48.5 Å². The molecule has 25 heavy (non-hydrogen) atoms. The van der Waals surface area contributed by atoms with Gasteiger partial charge in [0, 0.05) is 5.69 Å². The number of rotatable bonds is 5. The highest BCUT2D eigenvalue weighted by atomic mass is 35.5. The lowest BCUT2D eigenvalue weighted by Crippen LogP contribution is -2.12. The number of carbonyl (C=O) groups is 2. The van der Waals surface area contributed by atoms with E-state index in [1.807, 2.05) is 23.6 Å². The van der Waals surface area contributed by atoms with Gasteiger partial charge in [0.15, 0.2) is 5.78 Å². The fraction of sp³-hybridized carbons (Fsp3) is 0. The Labute approximate surface area is 154 Å². The van der Waals surface area contributed by atoms with Crippen LogP contribution in [0, 0.1) is 0 Å². The summed E-state index contributed by atoms with van der Waals surface area (Å²) in [6.45, 7) is 0. The lowest BCUT2D eigenvalue weighted by Gasteiger charge is -2.07. The van der Waals surface area contributed by atoms with Crippen molar-refractivity contribution in [2.75, 3.05) is 5.32 Å². The minimum atomic E-state index is -0.276. The average Bonchev–Trinajstić information content (AvgIpc) is 3.15. The van der Waals surface area contributed by atoms with Gasteiger partial charge in [0.2, 0.25) is 0 Å². The first-order valence-corrected chi connectivity index (χ1v) is 8.81. The molecule has 2 aromatic carbocycles. The van der Waals surface area contributed by atoms with Crippen LogP contribution in [0.2, 0.25) is 5.02 Å². The molecule has 5 heteroatoms. The second kappa shape index (κ2) is 7.92. The lowest BCUT2D eigenvalue weighted by molar-refractivity contribution is 0.102. The molecule has 124 valence electrons. The van der Waals surface area contributed by atoms with E-state index in [9.17, 15) is 9.59 Å². The van der Waals surface area contributed by atoms with Gasteiger partial charge in [0.1, 0.15) is 0 Å². The van der Waals surface area contributed by atoms with Crippen molar-refractivity contribution in [3.8, 4) is 0 Å². The molecule has 0 unspecified atom stereocenters. The molecule has 1 amide bonds. The highest BCUT2D eigenvalue weighted by Crippen LogP contribution is 2.18. The fourth-order valence-electron chi connectivity index (χ4n) is 2.24. The average molecular weight is 368 g/mol. The van der Waals surface area contributed by atoms with Crippen LogP contribution in [-0.4, -0.2) is 11.7 Å². The third kappa shape index (κ3) is 4.44. The zero-order chi connectivity index (χ0) is 17.6. The van der Waals surface area contributed by atoms with Crippen LogP contribution < -0.4 is 5.32 Å². The maximum atomic E-state index is 12.3. The summed E-state index contributed by atoms with van der Waals surface area (Å²) in [5.74, 6) is -0.318. The highest BCUT2D eigenvalue weighted by Gasteiger charge is 2.09. The molecule has 3 nitrogen and oxygen atoms in total. The molecule has 0 fully saturated rings. The molecule has 1 aromatic heterocycles. The third-order valence-electron chi connectivity index (χ3n) is 3.45. The maximum absolute atomic E-state index is 12.3. The summed E-state index contributed by atoms with van der Waals surface area (Å²) in [4.78, 5) is 25.0. The predicted molar refractivity (Wildman–Crippen MR) is 104 cm³/mol. The van der Waals surface area contributed by atoms with Crippen molar-refractivity contribution in [3.05, 3.63) is 93.1 Å². The minimum absolute atomic E-state index is 0.0412. The van der Waals surface area contributed by atoms with E-state index in [-0.39, 0.29) is 11.7 Å². The van der Waals surface area contributed by atoms with Crippen molar-refractivity contribution in [1.82, 2.24) is 0 Å². The Kier molecular flexibility index (Phi) is 5.43. The Balaban J connectivity index is 1.72. The number of anilines is 1. The smallest absolute Gasteiger partial charge is 0.257 e. The summed E-state index contributed by atoms with van der Waals surface area (Å²) in [7, 11) is 0. The Morgan fingerprint density at radius 1 is 1.00 bits per heavy atom. The van der Waals surface area contributed by atoms with Crippen molar-refractivity contribution in [3.63, 3.8) is 0 Å². The number of ketones is 1. The zero-order valence-electron chi connectivity index (χ0n) is 13.1. The van der Waals surface area contributed by atoms with Crippen LogP contribution in [0.4, 0.5) is 5.69 Å². The van der Waals surface area contributed by atoms with E-state index in [2.05, 4.69) is 5.32 Å². The number of benzene rings is 2. The van der Waals surface area contributed by atoms with E-state index in [4.69, 9.17) is 11.6 Å². The molecule has 0 radical (unpaired) electrons. The van der Waals surface area contributed by atoms with Gasteiger partial charge in [0.05, 0.1) is 15.5 Å². The van der Waals surface area contributed by atoms with Crippen LogP contribution in [0.25, 0.3) is 6.08 Å². The molecule has 0 spiro atoms. The normalized spacial score (nSPS) is 10.8. The monoisotopic (exact) mass is 367 g/mol. The lowest BCUT2D eigenvalue weighted by atomic mass is 10.1. The molecular formula is C20H14ClNO2S. The van der Waals surface area contributed by atoms with Crippen LogP contribution in [0.3, 0.4) is 0 Å². The Hall–Kier alpha value is -2.69. The summed E-state index contributed by atoms with van der Waals surface area (Å²) < 4.78 is 0. The van der Waals surface area contributed by atoms with Gasteiger partial charge in [-0.15, -0.1) is 11.3 Å². The molecule has 3 aromatic rings. The van der Waals surface area contributed by atoms with Crippen molar-refractivity contribution in [1.29, 1.82) is 0 Å². The molecule has 0 bridgehead atoms. The number of hydrogen-bond acceptors (Lipinski definition) is 3. The maximum Gasteiger partial charge on any atom is 0.257 e. The number of amides is 1. The molecule has 3 rings (SSSR count). The van der Waals surface area contributed by atoms with Gasteiger partial charge in [0.25, 0.3) is 5.91 Å². The molecule has 1 N–H and O–H groups in total. The summed E-state index contributed by atoms with van der Waals surface area (Å²) in [6, 6.07) is 17.8. The van der Waals surface area contributed by atoms with Gasteiger partial charge in [-0.2, -0.15) is 0 Å². The first kappa shape index (κ1) is 17.1. The molecule has 0 aliphatic carbocycles. The molecular weight excluding hydrogens is 354 g/mol. The topological polar surface area (TPSA) is 46.2 Å². The zero-order valence-corrected chi connectivity index (χ0v) is 14.7. The van der Waals surface area contributed by atoms with Crippen LogP contribution >= 0.6 is 22.9 Å². The number of hydrogen-bond donors (Lipinski definition) is 1. The molecule has 0 aliphatic rings. The van der Waals surface area contributed by atoms with Crippen LogP contribution in [-0.2, 0) is 0 Å². The first-order chi connectivity index (χ1) is 12.1. The van der Waals surface area contributed by atoms with E-state index in [0.717, 1.165) is 5.56 Å². The van der Waals surface area contributed by atoms with Gasteiger partial charge in [-0.3, -0.25) is 9.59 Å². The van der Waals surface area contributed by atoms with Gasteiger partial charge in [-0.05, 0) is 47.4 Å². The molecule has 0 aliphatic heterocycles. The first-order valence-electron chi connectivity index (χ1n) is 7.55. The Bertz CT molecular complexity index is 932. The van der Waals surface area contributed by atoms with Crippen LogP contribution in [0.5, 0.6) is 0 Å². The van der Waals surface area contributed by atoms with Gasteiger partial charge < -0.3 is 5.32 Å². The minimum Gasteiger partial charge on any atom is -0.322 e. The molecule has 0 saturated carbocycles. The van der Waals surface area contributed by atoms with Gasteiger partial charge in [-0.1, -0.05) is 48.0 Å². The number of thiophene rings is 1. The summed E-state index contributed by atoms with van der Waals surface area (Å²) >= 11 is 7.45. The van der Waals surface area contributed by atoms with Crippen LogP contribution in [0.1, 0.15) is 25.6 Å². The number of carbonyl (C=O) groups excluding carboxylic acids is 2. The number of nitrogens with one attached hydrogen (secondary N) is 1. The fourth-order valence-corrected chi connectivity index (χ4v) is 3.10. The van der Waals surface area contributed by atoms with E-state index in [0.29, 0.717) is 21.2 Å². The standard InChI is InChI=1S/C20H14ClNO2S/c21-17-8-2-1-7-16(17)20(24)22-15-6-3-5-14(13-15)10-11-18(23)19-9-4-12-25-19/h1-13H,(H,22,24). The SMILES string of the molecule is O=C(C=Cc1cccc(NC(=O)c2ccccc2Cl)c1)c1cccs1. The predicted octanol–water partition coefficient (Wildman–Crippen LogP) is 5.55. The van der Waals surface area contributed by atoms with Crippen molar-refractivity contribution >= 4 is 46.4 Å². The third-order valence-corrected chi connectivity index (χ3v) is 4.67. The van der Waals surface area contributed by atoms with E-state index in [1.165, 1.54) is 17.4 Å². The van der Waals surface area contributed by atoms with E-state index >= 15 is 0 Å². The Morgan fingerprint density at radius 2 is 1.84 bits per heavy atom. The van der Waals surface area contributed by atoms with Gasteiger partial charge in [-0.25, -0.2) is 0 Å². The second-order valence-corrected chi connectivity index (χ2v) is 6.59. The quantitative estimate of drug-likeness (QED) is 0.474. The van der Waals surface area contributed by atoms with E-state index < -0.39 is 0 Å². The van der Waals surface area contributed by atoms with Crippen molar-refractivity contribution in [2.24, 2.45) is 0 Å². The highest BCUT2D eigenvalue weighted by molar-refractivity contribution is 7.12. The Morgan fingerprint density at radius 3 is 2.60 bits per heavy atom. The summed E-state index contributed by atoms with van der Waals surface area (Å²) in [5, 5.41) is 5.08. The summed E-state index contributed by atoms with van der Waals surface area (Å²) in [6.07, 6.45) is 3.26. The number of allylic oxidation sites excluding steroid dienone is 1. The largest absolute Gasteiger partial charge is 0.322 e. The summed E-state index contributed by atoms with van der Waals surface area (Å²) in [5.41, 5.74) is 1.87. The van der Waals surface area contributed by atoms with Gasteiger partial charge >= 0.3 is 0 Å². The second-order valence-electron chi connectivity index (χ2n) is 5.23.